The van der Waals surface area contributed by atoms with Crippen LogP contribution in [0.2, 0.25) is 5.02 Å². The maximum absolute atomic E-state index is 13.1. The standard InChI is InChI=1S/C25H18ClN3O3/c26-19-11-12-20-21(13-19)29(16-23-27-14-22(32-23)18-9-5-2-6-10-18)25(31)24(30)28(20)15-17-7-3-1-4-8-17/h1-14H,15-16H2. The van der Waals surface area contributed by atoms with Gasteiger partial charge in [0, 0.05) is 10.6 Å². The van der Waals surface area contributed by atoms with Gasteiger partial charge in [-0.1, -0.05) is 72.3 Å². The van der Waals surface area contributed by atoms with Crippen molar-refractivity contribution in [3.8, 4) is 11.3 Å². The second-order valence-electron chi connectivity index (χ2n) is 7.39. The highest BCUT2D eigenvalue weighted by atomic mass is 35.5. The minimum absolute atomic E-state index is 0.0178. The highest BCUT2D eigenvalue weighted by Gasteiger charge is 2.16. The maximum Gasteiger partial charge on any atom is 0.317 e. The first-order chi connectivity index (χ1) is 15.6. The number of halogens is 1. The number of aromatic nitrogens is 3. The van der Waals surface area contributed by atoms with Crippen LogP contribution in [0.4, 0.5) is 0 Å². The van der Waals surface area contributed by atoms with E-state index in [9.17, 15) is 9.59 Å². The molecule has 2 aromatic heterocycles. The van der Waals surface area contributed by atoms with Gasteiger partial charge in [-0.2, -0.15) is 0 Å². The lowest BCUT2D eigenvalue weighted by Gasteiger charge is -2.14. The molecule has 0 spiro atoms. The maximum atomic E-state index is 13.1. The second-order valence-corrected chi connectivity index (χ2v) is 7.82. The van der Waals surface area contributed by atoms with Gasteiger partial charge in [-0.15, -0.1) is 0 Å². The van der Waals surface area contributed by atoms with E-state index in [1.165, 1.54) is 9.13 Å². The van der Waals surface area contributed by atoms with Gasteiger partial charge in [0.25, 0.3) is 0 Å². The Labute approximate surface area is 188 Å². The molecule has 2 heterocycles. The number of rotatable bonds is 5. The first-order valence-corrected chi connectivity index (χ1v) is 10.4. The van der Waals surface area contributed by atoms with Gasteiger partial charge < -0.3 is 4.42 Å². The normalized spacial score (nSPS) is 11.2. The molecule has 32 heavy (non-hydrogen) atoms. The fourth-order valence-electron chi connectivity index (χ4n) is 3.73. The number of oxazole rings is 1. The van der Waals surface area contributed by atoms with Crippen molar-refractivity contribution in [3.63, 3.8) is 0 Å². The average molecular weight is 444 g/mol. The molecule has 0 fully saturated rings. The van der Waals surface area contributed by atoms with Crippen molar-refractivity contribution in [1.82, 2.24) is 14.1 Å². The van der Waals surface area contributed by atoms with Crippen LogP contribution < -0.4 is 11.1 Å². The van der Waals surface area contributed by atoms with E-state index >= 15 is 0 Å². The van der Waals surface area contributed by atoms with Gasteiger partial charge in [0.05, 0.1) is 23.8 Å². The zero-order valence-electron chi connectivity index (χ0n) is 16.9. The topological polar surface area (TPSA) is 70.0 Å². The first-order valence-electron chi connectivity index (χ1n) is 10.1. The Morgan fingerprint density at radius 2 is 1.44 bits per heavy atom. The molecule has 0 saturated heterocycles. The van der Waals surface area contributed by atoms with Crippen molar-refractivity contribution < 1.29 is 4.42 Å². The molecule has 0 aliphatic carbocycles. The van der Waals surface area contributed by atoms with Crippen LogP contribution in [0.1, 0.15) is 11.5 Å². The minimum Gasteiger partial charge on any atom is -0.439 e. The van der Waals surface area contributed by atoms with Crippen molar-refractivity contribution in [1.29, 1.82) is 0 Å². The van der Waals surface area contributed by atoms with Crippen molar-refractivity contribution >= 4 is 22.6 Å². The summed E-state index contributed by atoms with van der Waals surface area (Å²) in [5.41, 5.74) is 1.68. The van der Waals surface area contributed by atoms with Crippen LogP contribution in [0.3, 0.4) is 0 Å². The molecule has 0 atom stereocenters. The fourth-order valence-corrected chi connectivity index (χ4v) is 3.89. The van der Waals surface area contributed by atoms with Gasteiger partial charge in [-0.3, -0.25) is 18.7 Å². The fraction of sp³-hybridized carbons (Fsp3) is 0.0800. The number of fused-ring (bicyclic) bond motifs is 1. The minimum atomic E-state index is -0.657. The quantitative estimate of drug-likeness (QED) is 0.373. The number of hydrogen-bond acceptors (Lipinski definition) is 4. The van der Waals surface area contributed by atoms with Gasteiger partial charge in [0.1, 0.15) is 6.54 Å². The highest BCUT2D eigenvalue weighted by molar-refractivity contribution is 6.31. The van der Waals surface area contributed by atoms with Crippen molar-refractivity contribution in [2.24, 2.45) is 0 Å². The van der Waals surface area contributed by atoms with E-state index in [-0.39, 0.29) is 13.1 Å². The molecule has 7 heteroatoms. The lowest BCUT2D eigenvalue weighted by Crippen LogP contribution is -2.42. The SMILES string of the molecule is O=c1c(=O)n(Cc2ncc(-c3ccccc3)o2)c2cc(Cl)ccc2n1Cc1ccccc1. The van der Waals surface area contributed by atoms with Crippen LogP contribution in [0, 0.1) is 0 Å². The van der Waals surface area contributed by atoms with Gasteiger partial charge in [0.15, 0.2) is 5.76 Å². The van der Waals surface area contributed by atoms with E-state index < -0.39 is 11.1 Å². The van der Waals surface area contributed by atoms with E-state index in [0.717, 1.165) is 11.1 Å². The predicted octanol–water partition coefficient (Wildman–Crippen LogP) is 4.57. The molecule has 0 saturated carbocycles. The molecule has 3 aromatic carbocycles. The molecule has 0 amide bonds. The number of nitrogens with zero attached hydrogens (tertiary/aromatic N) is 3. The zero-order chi connectivity index (χ0) is 22.1. The Balaban J connectivity index is 1.61. The summed E-state index contributed by atoms with van der Waals surface area (Å²) in [5.74, 6) is 0.917. The third-order valence-corrected chi connectivity index (χ3v) is 5.52. The average Bonchev–Trinajstić information content (AvgIpc) is 3.30. The summed E-state index contributed by atoms with van der Waals surface area (Å²) in [7, 11) is 0. The van der Waals surface area contributed by atoms with E-state index in [4.69, 9.17) is 16.0 Å². The third kappa shape index (κ3) is 3.76. The van der Waals surface area contributed by atoms with Crippen molar-refractivity contribution in [3.05, 3.63) is 122 Å². The lowest BCUT2D eigenvalue weighted by molar-refractivity contribution is 0.487. The molecular weight excluding hydrogens is 426 g/mol. The van der Waals surface area contributed by atoms with Gasteiger partial charge in [-0.05, 0) is 23.8 Å². The predicted molar refractivity (Wildman–Crippen MR) is 124 cm³/mol. The summed E-state index contributed by atoms with van der Waals surface area (Å²) in [4.78, 5) is 30.5. The molecule has 6 nitrogen and oxygen atoms in total. The molecule has 5 rings (SSSR count). The molecule has 5 aromatic rings. The summed E-state index contributed by atoms with van der Waals surface area (Å²) >= 11 is 6.24. The highest BCUT2D eigenvalue weighted by Crippen LogP contribution is 2.22. The Morgan fingerprint density at radius 3 is 2.16 bits per heavy atom. The van der Waals surface area contributed by atoms with Crippen molar-refractivity contribution in [2.45, 2.75) is 13.1 Å². The van der Waals surface area contributed by atoms with E-state index in [1.54, 1.807) is 24.4 Å². The van der Waals surface area contributed by atoms with Crippen LogP contribution in [0.25, 0.3) is 22.4 Å². The summed E-state index contributed by atoms with van der Waals surface area (Å²) in [6, 6.07) is 24.2. The van der Waals surface area contributed by atoms with Gasteiger partial charge >= 0.3 is 11.1 Å². The van der Waals surface area contributed by atoms with Gasteiger partial charge in [0.2, 0.25) is 5.89 Å². The van der Waals surface area contributed by atoms with Crippen LogP contribution in [0.15, 0.2) is 99.1 Å². The monoisotopic (exact) mass is 443 g/mol. The van der Waals surface area contributed by atoms with Gasteiger partial charge in [-0.25, -0.2) is 4.98 Å². The van der Waals surface area contributed by atoms with Crippen LogP contribution in [0.5, 0.6) is 0 Å². The Hall–Kier alpha value is -3.90. The first kappa shape index (κ1) is 20.0. The molecule has 0 aliphatic heterocycles. The largest absolute Gasteiger partial charge is 0.439 e. The molecule has 0 bridgehead atoms. The summed E-state index contributed by atoms with van der Waals surface area (Å²) < 4.78 is 8.70. The molecule has 0 N–H and O–H groups in total. The van der Waals surface area contributed by atoms with Crippen LogP contribution in [-0.2, 0) is 13.1 Å². The van der Waals surface area contributed by atoms with Crippen molar-refractivity contribution in [2.75, 3.05) is 0 Å². The Bertz CT molecular complexity index is 1520. The molecule has 0 aliphatic rings. The van der Waals surface area contributed by atoms with Crippen LogP contribution >= 0.6 is 11.6 Å². The summed E-state index contributed by atoms with van der Waals surface area (Å²) in [6.45, 7) is 0.301. The van der Waals surface area contributed by atoms with E-state index in [0.29, 0.717) is 27.7 Å². The molecule has 158 valence electrons. The number of hydrogen-bond donors (Lipinski definition) is 0. The van der Waals surface area contributed by atoms with E-state index in [2.05, 4.69) is 4.98 Å². The Morgan fingerprint density at radius 1 is 0.781 bits per heavy atom. The lowest BCUT2D eigenvalue weighted by atomic mass is 10.2. The van der Waals surface area contributed by atoms with E-state index in [1.807, 2.05) is 60.7 Å². The summed E-state index contributed by atoms with van der Waals surface area (Å²) in [5, 5.41) is 0.466. The molecule has 0 radical (unpaired) electrons. The third-order valence-electron chi connectivity index (χ3n) is 5.28. The summed E-state index contributed by atoms with van der Waals surface area (Å²) in [6.07, 6.45) is 1.61. The number of benzene rings is 3. The second kappa shape index (κ2) is 8.32. The van der Waals surface area contributed by atoms with Crippen LogP contribution in [-0.4, -0.2) is 14.1 Å². The molecular formula is C25H18ClN3O3. The molecule has 0 unspecified atom stereocenters. The smallest absolute Gasteiger partial charge is 0.317 e. The zero-order valence-corrected chi connectivity index (χ0v) is 17.7. The Kier molecular flexibility index (Phi) is 5.21.